The largest absolute Gasteiger partial charge is 0.373 e. The maximum Gasteiger partial charge on any atom is 0.224 e. The molecule has 0 unspecified atom stereocenters. The van der Waals surface area contributed by atoms with E-state index in [2.05, 4.69) is 43.4 Å². The average Bonchev–Trinajstić information content (AvgIpc) is 2.56. The number of nitrogens with one attached hydrogen (secondary N) is 1. The second kappa shape index (κ2) is 8.37. The van der Waals surface area contributed by atoms with Crippen LogP contribution in [0.25, 0.3) is 0 Å². The highest BCUT2D eigenvalue weighted by Crippen LogP contribution is 2.27. The fraction of sp³-hybridized carbons (Fsp3) is 0.632. The molecule has 132 valence electrons. The molecule has 0 bridgehead atoms. The van der Waals surface area contributed by atoms with Gasteiger partial charge in [-0.3, -0.25) is 4.79 Å². The lowest BCUT2D eigenvalue weighted by Crippen LogP contribution is -2.49. The Labute approximate surface area is 148 Å². The first-order chi connectivity index (χ1) is 11.6. The van der Waals surface area contributed by atoms with Gasteiger partial charge in [-0.25, -0.2) is 0 Å². The van der Waals surface area contributed by atoms with Gasteiger partial charge in [0.15, 0.2) is 0 Å². The van der Waals surface area contributed by atoms with E-state index in [1.54, 1.807) is 0 Å². The van der Waals surface area contributed by atoms with E-state index in [4.69, 9.17) is 9.47 Å². The Balaban J connectivity index is 1.47. The zero-order valence-electron chi connectivity index (χ0n) is 14.5. The van der Waals surface area contributed by atoms with Crippen molar-refractivity contribution >= 4 is 17.7 Å². The molecule has 2 aliphatic rings. The third-order valence-electron chi connectivity index (χ3n) is 4.50. The molecule has 4 nitrogen and oxygen atoms in total. The van der Waals surface area contributed by atoms with Gasteiger partial charge in [-0.15, -0.1) is 11.8 Å². The van der Waals surface area contributed by atoms with Crippen molar-refractivity contribution in [1.29, 1.82) is 0 Å². The number of ether oxygens (including phenoxy) is 2. The summed E-state index contributed by atoms with van der Waals surface area (Å²) in [7, 11) is 0. The minimum absolute atomic E-state index is 0.0967. The molecule has 1 aromatic rings. The van der Waals surface area contributed by atoms with Crippen LogP contribution in [0.15, 0.2) is 29.2 Å². The Morgan fingerprint density at radius 1 is 1.17 bits per heavy atom. The van der Waals surface area contributed by atoms with Crippen molar-refractivity contribution in [2.75, 3.05) is 13.2 Å². The van der Waals surface area contributed by atoms with E-state index in [0.717, 1.165) is 24.8 Å². The molecule has 0 radical (unpaired) electrons. The van der Waals surface area contributed by atoms with Crippen LogP contribution in [0.2, 0.25) is 0 Å². The molecule has 1 saturated heterocycles. The number of benzene rings is 1. The van der Waals surface area contributed by atoms with Gasteiger partial charge in [-0.2, -0.15) is 0 Å². The van der Waals surface area contributed by atoms with Crippen LogP contribution < -0.4 is 5.32 Å². The first kappa shape index (κ1) is 17.8. The van der Waals surface area contributed by atoms with Crippen molar-refractivity contribution in [3.05, 3.63) is 29.8 Å². The fourth-order valence-corrected chi connectivity index (χ4v) is 4.26. The summed E-state index contributed by atoms with van der Waals surface area (Å²) in [5, 5.41) is 3.74. The van der Waals surface area contributed by atoms with Gasteiger partial charge in [0.1, 0.15) is 0 Å². The van der Waals surface area contributed by atoms with Crippen LogP contribution in [0.3, 0.4) is 0 Å². The summed E-state index contributed by atoms with van der Waals surface area (Å²) >= 11 is 1.84. The lowest BCUT2D eigenvalue weighted by Gasteiger charge is -2.39. The van der Waals surface area contributed by atoms with Crippen molar-refractivity contribution < 1.29 is 14.3 Å². The van der Waals surface area contributed by atoms with Gasteiger partial charge in [0.05, 0.1) is 31.8 Å². The Morgan fingerprint density at radius 2 is 1.88 bits per heavy atom. The second-order valence-electron chi connectivity index (χ2n) is 6.88. The molecule has 1 saturated carbocycles. The monoisotopic (exact) mass is 349 g/mol. The maximum atomic E-state index is 12.3. The summed E-state index contributed by atoms with van der Waals surface area (Å²) < 4.78 is 11.5. The Bertz CT molecular complexity index is 546. The third-order valence-corrected chi connectivity index (χ3v) is 5.52. The van der Waals surface area contributed by atoms with Crippen LogP contribution in [0.4, 0.5) is 0 Å². The lowest BCUT2D eigenvalue weighted by molar-refractivity contribution is -0.158. The van der Waals surface area contributed by atoms with Crippen LogP contribution in [-0.2, 0) is 20.7 Å². The van der Waals surface area contributed by atoms with E-state index >= 15 is 0 Å². The van der Waals surface area contributed by atoms with E-state index in [-0.39, 0.29) is 24.2 Å². The smallest absolute Gasteiger partial charge is 0.224 e. The number of thioether (sulfide) groups is 1. The van der Waals surface area contributed by atoms with Gasteiger partial charge in [0, 0.05) is 16.2 Å². The Hall–Kier alpha value is -1.04. The number of amides is 1. The molecule has 1 aliphatic carbocycles. The number of hydrogen-bond donors (Lipinski definition) is 1. The summed E-state index contributed by atoms with van der Waals surface area (Å²) in [5.74, 6) is 0.0967. The van der Waals surface area contributed by atoms with Gasteiger partial charge in [-0.05, 0) is 37.0 Å². The molecule has 0 spiro atoms. The molecular weight excluding hydrogens is 322 g/mol. The van der Waals surface area contributed by atoms with Gasteiger partial charge >= 0.3 is 0 Å². The standard InChI is InChI=1S/C19H27NO3S/c1-13(2)24-16-6-3-14(4-7-16)11-19(21)20-15-5-8-17-18(12-15)23-10-9-22-17/h3-4,6-7,13,15,17-18H,5,8-12H2,1-2H3,(H,20,21)/t15-,17+,18+/m1/s1. The van der Waals surface area contributed by atoms with Crippen molar-refractivity contribution in [1.82, 2.24) is 5.32 Å². The first-order valence-corrected chi connectivity index (χ1v) is 9.76. The normalized spacial score (nSPS) is 26.9. The zero-order valence-corrected chi connectivity index (χ0v) is 15.3. The quantitative estimate of drug-likeness (QED) is 0.830. The average molecular weight is 349 g/mol. The van der Waals surface area contributed by atoms with Gasteiger partial charge in [0.25, 0.3) is 0 Å². The molecule has 1 aliphatic heterocycles. The summed E-state index contributed by atoms with van der Waals surface area (Å²) in [5.41, 5.74) is 1.06. The van der Waals surface area contributed by atoms with Crippen molar-refractivity contribution in [3.63, 3.8) is 0 Å². The minimum atomic E-state index is 0.0967. The van der Waals surface area contributed by atoms with Gasteiger partial charge in [0.2, 0.25) is 5.91 Å². The van der Waals surface area contributed by atoms with Crippen LogP contribution in [0, 0.1) is 0 Å². The molecule has 0 aromatic heterocycles. The summed E-state index contributed by atoms with van der Waals surface area (Å²) in [6, 6.07) is 8.52. The molecule has 24 heavy (non-hydrogen) atoms. The van der Waals surface area contributed by atoms with Gasteiger partial charge in [-0.1, -0.05) is 26.0 Å². The van der Waals surface area contributed by atoms with Gasteiger partial charge < -0.3 is 14.8 Å². The van der Waals surface area contributed by atoms with Crippen molar-refractivity contribution in [2.24, 2.45) is 0 Å². The van der Waals surface area contributed by atoms with Crippen LogP contribution in [0.1, 0.15) is 38.7 Å². The fourth-order valence-electron chi connectivity index (χ4n) is 3.42. The molecule has 3 atom stereocenters. The molecule has 3 rings (SSSR count). The highest BCUT2D eigenvalue weighted by atomic mass is 32.2. The molecular formula is C19H27NO3S. The van der Waals surface area contributed by atoms with E-state index < -0.39 is 0 Å². The van der Waals surface area contributed by atoms with E-state index in [0.29, 0.717) is 24.9 Å². The highest BCUT2D eigenvalue weighted by Gasteiger charge is 2.34. The van der Waals surface area contributed by atoms with Crippen LogP contribution >= 0.6 is 11.8 Å². The Morgan fingerprint density at radius 3 is 2.58 bits per heavy atom. The van der Waals surface area contributed by atoms with Crippen molar-refractivity contribution in [2.45, 2.75) is 67.9 Å². The van der Waals surface area contributed by atoms with E-state index in [1.807, 2.05) is 11.8 Å². The number of fused-ring (bicyclic) bond motifs is 1. The van der Waals surface area contributed by atoms with Crippen molar-refractivity contribution in [3.8, 4) is 0 Å². The molecule has 1 aromatic carbocycles. The second-order valence-corrected chi connectivity index (χ2v) is 8.53. The number of rotatable bonds is 5. The zero-order chi connectivity index (χ0) is 16.9. The predicted octanol–water partition coefficient (Wildman–Crippen LogP) is 3.18. The topological polar surface area (TPSA) is 47.6 Å². The molecule has 1 N–H and O–H groups in total. The minimum Gasteiger partial charge on any atom is -0.373 e. The summed E-state index contributed by atoms with van der Waals surface area (Å²) in [6.45, 7) is 5.73. The van der Waals surface area contributed by atoms with Crippen LogP contribution in [0.5, 0.6) is 0 Å². The molecule has 1 amide bonds. The molecule has 2 fully saturated rings. The number of carbonyl (C=O) groups excluding carboxylic acids is 1. The number of carbonyl (C=O) groups is 1. The predicted molar refractivity (Wildman–Crippen MR) is 96.4 cm³/mol. The third kappa shape index (κ3) is 4.98. The summed E-state index contributed by atoms with van der Waals surface area (Å²) in [4.78, 5) is 13.6. The Kier molecular flexibility index (Phi) is 6.19. The maximum absolute atomic E-state index is 12.3. The highest BCUT2D eigenvalue weighted by molar-refractivity contribution is 7.99. The van der Waals surface area contributed by atoms with E-state index in [9.17, 15) is 4.79 Å². The summed E-state index contributed by atoms with van der Waals surface area (Å²) in [6.07, 6.45) is 3.61. The number of hydrogen-bond acceptors (Lipinski definition) is 4. The molecule has 1 heterocycles. The SMILES string of the molecule is CC(C)Sc1ccc(CC(=O)N[C@@H]2CC[C@@H]3OCCO[C@H]3C2)cc1. The lowest BCUT2D eigenvalue weighted by atomic mass is 9.89. The van der Waals surface area contributed by atoms with E-state index in [1.165, 1.54) is 4.90 Å². The molecule has 5 heteroatoms. The first-order valence-electron chi connectivity index (χ1n) is 8.88. The van der Waals surface area contributed by atoms with Crippen LogP contribution in [-0.4, -0.2) is 42.6 Å².